The number of nitrogens with zero attached hydrogens (tertiary/aromatic N) is 2. The van der Waals surface area contributed by atoms with Gasteiger partial charge in [0.15, 0.2) is 0 Å². The summed E-state index contributed by atoms with van der Waals surface area (Å²) in [7, 11) is 0. The number of alkyl halides is 3. The van der Waals surface area contributed by atoms with Crippen molar-refractivity contribution in [1.82, 2.24) is 4.90 Å². The first kappa shape index (κ1) is 13.1. The highest BCUT2D eigenvalue weighted by atomic mass is 19.4. The van der Waals surface area contributed by atoms with Gasteiger partial charge in [0.05, 0.1) is 6.54 Å². The van der Waals surface area contributed by atoms with E-state index in [1.807, 2.05) is 0 Å². The van der Waals surface area contributed by atoms with Crippen LogP contribution in [0.25, 0.3) is 0 Å². The van der Waals surface area contributed by atoms with Gasteiger partial charge in [0, 0.05) is 5.41 Å². The summed E-state index contributed by atoms with van der Waals surface area (Å²) >= 11 is 0. The maximum atomic E-state index is 12.1. The Morgan fingerprint density at radius 1 is 1.44 bits per heavy atom. The van der Waals surface area contributed by atoms with Gasteiger partial charge in [0.1, 0.15) is 5.84 Å². The molecule has 1 rings (SSSR count). The summed E-state index contributed by atoms with van der Waals surface area (Å²) in [6.45, 7) is 1.53. The van der Waals surface area contributed by atoms with E-state index in [4.69, 9.17) is 10.9 Å². The van der Waals surface area contributed by atoms with E-state index in [9.17, 15) is 13.2 Å². The molecule has 0 spiro atoms. The Bertz CT molecular complexity index is 270. The summed E-state index contributed by atoms with van der Waals surface area (Å²) in [5.41, 5.74) is 5.02. The Hall–Kier alpha value is -0.980. The van der Waals surface area contributed by atoms with Crippen molar-refractivity contribution < 1.29 is 18.4 Å². The Labute approximate surface area is 91.9 Å². The number of amidine groups is 1. The molecule has 1 saturated heterocycles. The van der Waals surface area contributed by atoms with Crippen LogP contribution in [0, 0.1) is 5.41 Å². The molecule has 0 aromatic heterocycles. The van der Waals surface area contributed by atoms with Gasteiger partial charge in [-0.25, -0.2) is 0 Å². The molecule has 0 aromatic rings. The topological polar surface area (TPSA) is 61.9 Å². The lowest BCUT2D eigenvalue weighted by Crippen LogP contribution is -2.47. The van der Waals surface area contributed by atoms with Crippen molar-refractivity contribution >= 4 is 5.84 Å². The molecular formula is C9H16F3N3O. The quantitative estimate of drug-likeness (QED) is 0.331. The SMILES string of the molecule is CC1(C(N)=NO)CCN(CC(F)(F)F)CC1. The summed E-state index contributed by atoms with van der Waals surface area (Å²) in [6, 6.07) is 0. The van der Waals surface area contributed by atoms with E-state index in [1.165, 1.54) is 4.90 Å². The predicted octanol–water partition coefficient (Wildman–Crippen LogP) is 1.40. The molecule has 3 N–H and O–H groups in total. The molecule has 0 atom stereocenters. The predicted molar refractivity (Wildman–Crippen MR) is 53.2 cm³/mol. The van der Waals surface area contributed by atoms with Crippen LogP contribution in [-0.4, -0.2) is 41.8 Å². The number of likely N-dealkylation sites (tertiary alicyclic amines) is 1. The number of piperidine rings is 1. The second-order valence-electron chi connectivity index (χ2n) is 4.44. The van der Waals surface area contributed by atoms with Crippen LogP contribution in [0.1, 0.15) is 19.8 Å². The van der Waals surface area contributed by atoms with Crippen molar-refractivity contribution in [2.45, 2.75) is 25.9 Å². The van der Waals surface area contributed by atoms with Crippen LogP contribution in [0.5, 0.6) is 0 Å². The van der Waals surface area contributed by atoms with E-state index in [0.29, 0.717) is 25.9 Å². The minimum absolute atomic E-state index is 0.0964. The lowest BCUT2D eigenvalue weighted by Gasteiger charge is -2.38. The van der Waals surface area contributed by atoms with Gasteiger partial charge < -0.3 is 10.9 Å². The average molecular weight is 239 g/mol. The van der Waals surface area contributed by atoms with Crippen molar-refractivity contribution in [3.05, 3.63) is 0 Å². The van der Waals surface area contributed by atoms with E-state index in [1.54, 1.807) is 6.92 Å². The van der Waals surface area contributed by atoms with E-state index < -0.39 is 18.1 Å². The van der Waals surface area contributed by atoms with Gasteiger partial charge in [-0.15, -0.1) is 0 Å². The largest absolute Gasteiger partial charge is 0.409 e. The van der Waals surface area contributed by atoms with Gasteiger partial charge in [-0.2, -0.15) is 13.2 Å². The Kier molecular flexibility index (Phi) is 3.67. The van der Waals surface area contributed by atoms with E-state index in [-0.39, 0.29) is 5.84 Å². The van der Waals surface area contributed by atoms with Gasteiger partial charge in [-0.3, -0.25) is 4.90 Å². The first-order valence-corrected chi connectivity index (χ1v) is 5.04. The normalized spacial score (nSPS) is 23.4. The fraction of sp³-hybridized carbons (Fsp3) is 0.889. The standard InChI is InChI=1S/C9H16F3N3O/c1-8(7(13)14-16)2-4-15(5-3-8)6-9(10,11)12/h16H,2-6H2,1H3,(H2,13,14). The fourth-order valence-corrected chi connectivity index (χ4v) is 1.84. The summed E-state index contributed by atoms with van der Waals surface area (Å²) in [6.07, 6.45) is -3.22. The van der Waals surface area contributed by atoms with Crippen molar-refractivity contribution in [1.29, 1.82) is 0 Å². The second kappa shape index (κ2) is 4.48. The molecule has 1 heterocycles. The molecule has 0 radical (unpaired) electrons. The van der Waals surface area contributed by atoms with Crippen LogP contribution in [0.2, 0.25) is 0 Å². The Balaban J connectivity index is 2.51. The lowest BCUT2D eigenvalue weighted by atomic mass is 9.79. The summed E-state index contributed by atoms with van der Waals surface area (Å²) in [5, 5.41) is 11.5. The smallest absolute Gasteiger partial charge is 0.401 e. The summed E-state index contributed by atoms with van der Waals surface area (Å²) in [4.78, 5) is 1.34. The molecule has 94 valence electrons. The van der Waals surface area contributed by atoms with Crippen LogP contribution in [0.3, 0.4) is 0 Å². The summed E-state index contributed by atoms with van der Waals surface area (Å²) < 4.78 is 36.4. The van der Waals surface area contributed by atoms with Gasteiger partial charge >= 0.3 is 6.18 Å². The zero-order valence-corrected chi connectivity index (χ0v) is 9.09. The molecule has 1 fully saturated rings. The average Bonchev–Trinajstić information content (AvgIpc) is 2.18. The number of rotatable bonds is 2. The lowest BCUT2D eigenvalue weighted by molar-refractivity contribution is -0.149. The molecule has 16 heavy (non-hydrogen) atoms. The highest BCUT2D eigenvalue weighted by Gasteiger charge is 2.38. The molecule has 0 aromatic carbocycles. The third-order valence-electron chi connectivity index (χ3n) is 3.09. The van der Waals surface area contributed by atoms with Gasteiger partial charge in [0.2, 0.25) is 0 Å². The third-order valence-corrected chi connectivity index (χ3v) is 3.09. The van der Waals surface area contributed by atoms with Crippen LogP contribution in [0.15, 0.2) is 5.16 Å². The van der Waals surface area contributed by atoms with Gasteiger partial charge in [0.25, 0.3) is 0 Å². The molecule has 0 bridgehead atoms. The summed E-state index contributed by atoms with van der Waals surface area (Å²) in [5.74, 6) is 0.0964. The van der Waals surface area contributed by atoms with Crippen molar-refractivity contribution in [2.24, 2.45) is 16.3 Å². The highest BCUT2D eigenvalue weighted by molar-refractivity contribution is 5.85. The molecule has 1 aliphatic rings. The maximum absolute atomic E-state index is 12.1. The van der Waals surface area contributed by atoms with Crippen molar-refractivity contribution in [3.8, 4) is 0 Å². The minimum atomic E-state index is -4.16. The van der Waals surface area contributed by atoms with Gasteiger partial charge in [-0.1, -0.05) is 12.1 Å². The van der Waals surface area contributed by atoms with Crippen LogP contribution in [-0.2, 0) is 0 Å². The second-order valence-corrected chi connectivity index (χ2v) is 4.44. The Morgan fingerprint density at radius 3 is 2.31 bits per heavy atom. The zero-order chi connectivity index (χ0) is 12.4. The molecule has 0 unspecified atom stereocenters. The number of hydrogen-bond acceptors (Lipinski definition) is 3. The van der Waals surface area contributed by atoms with Crippen LogP contribution in [0.4, 0.5) is 13.2 Å². The molecule has 4 nitrogen and oxygen atoms in total. The molecule has 0 aliphatic carbocycles. The van der Waals surface area contributed by atoms with E-state index >= 15 is 0 Å². The fourth-order valence-electron chi connectivity index (χ4n) is 1.84. The molecule has 0 amide bonds. The number of oxime groups is 1. The minimum Gasteiger partial charge on any atom is -0.409 e. The van der Waals surface area contributed by atoms with Crippen LogP contribution < -0.4 is 5.73 Å². The van der Waals surface area contributed by atoms with E-state index in [0.717, 1.165) is 0 Å². The number of halogens is 3. The van der Waals surface area contributed by atoms with Crippen LogP contribution >= 0.6 is 0 Å². The molecular weight excluding hydrogens is 223 g/mol. The maximum Gasteiger partial charge on any atom is 0.401 e. The molecule has 1 aliphatic heterocycles. The van der Waals surface area contributed by atoms with Crippen molar-refractivity contribution in [2.75, 3.05) is 19.6 Å². The monoisotopic (exact) mass is 239 g/mol. The number of nitrogens with two attached hydrogens (primary N) is 1. The Morgan fingerprint density at radius 2 is 1.94 bits per heavy atom. The van der Waals surface area contributed by atoms with E-state index in [2.05, 4.69) is 5.16 Å². The first-order valence-electron chi connectivity index (χ1n) is 5.04. The number of hydrogen-bond donors (Lipinski definition) is 2. The van der Waals surface area contributed by atoms with Gasteiger partial charge in [-0.05, 0) is 25.9 Å². The molecule has 0 saturated carbocycles. The first-order chi connectivity index (χ1) is 7.27. The third kappa shape index (κ3) is 3.26. The highest BCUT2D eigenvalue weighted by Crippen LogP contribution is 2.32. The zero-order valence-electron chi connectivity index (χ0n) is 9.09. The van der Waals surface area contributed by atoms with Crippen molar-refractivity contribution in [3.63, 3.8) is 0 Å². The molecule has 7 heteroatoms.